The highest BCUT2D eigenvalue weighted by molar-refractivity contribution is 7.15. The minimum atomic E-state index is -0.274. The third kappa shape index (κ3) is 4.23. The Labute approximate surface area is 159 Å². The van der Waals surface area contributed by atoms with Crippen LogP contribution in [0, 0.1) is 0 Å². The molecule has 0 atom stereocenters. The third-order valence-corrected chi connectivity index (χ3v) is 5.97. The fourth-order valence-electron chi connectivity index (χ4n) is 2.35. The van der Waals surface area contributed by atoms with Crippen LogP contribution in [-0.2, 0) is 0 Å². The average Bonchev–Trinajstić information content (AvgIpc) is 3.27. The Bertz CT molecular complexity index is 856. The van der Waals surface area contributed by atoms with E-state index in [0.29, 0.717) is 21.8 Å². The van der Waals surface area contributed by atoms with E-state index in [1.807, 2.05) is 12.1 Å². The fourth-order valence-corrected chi connectivity index (χ4v) is 4.29. The molecule has 1 amide bonds. The summed E-state index contributed by atoms with van der Waals surface area (Å²) in [5.74, 6) is 0.114. The molecular formula is C17H17ClN4OS2. The lowest BCUT2D eigenvalue weighted by molar-refractivity contribution is 0.102. The Balaban J connectivity index is 1.71. The first-order valence-electron chi connectivity index (χ1n) is 7.97. The number of halogens is 1. The van der Waals surface area contributed by atoms with Gasteiger partial charge in [0.05, 0.1) is 0 Å². The second kappa shape index (κ2) is 8.03. The van der Waals surface area contributed by atoms with Crippen molar-refractivity contribution in [3.8, 4) is 10.6 Å². The van der Waals surface area contributed by atoms with Crippen LogP contribution in [0.2, 0.25) is 5.02 Å². The second-order valence-electron chi connectivity index (χ2n) is 5.46. The summed E-state index contributed by atoms with van der Waals surface area (Å²) in [4.78, 5) is 16.8. The monoisotopic (exact) mass is 392 g/mol. The largest absolute Gasteiger partial charge is 0.295 e. The Morgan fingerprint density at radius 1 is 1.20 bits per heavy atom. The minimum Gasteiger partial charge on any atom is -0.295 e. The number of amides is 1. The number of aromatic nitrogens is 3. The van der Waals surface area contributed by atoms with E-state index in [1.165, 1.54) is 22.7 Å². The van der Waals surface area contributed by atoms with Gasteiger partial charge >= 0.3 is 0 Å². The molecule has 0 aliphatic rings. The van der Waals surface area contributed by atoms with Crippen molar-refractivity contribution in [2.45, 2.75) is 32.6 Å². The maximum atomic E-state index is 12.4. The Kier molecular flexibility index (Phi) is 5.78. The molecule has 8 heteroatoms. The van der Waals surface area contributed by atoms with Crippen molar-refractivity contribution in [2.75, 3.05) is 5.32 Å². The Morgan fingerprint density at radius 3 is 2.60 bits per heavy atom. The van der Waals surface area contributed by atoms with Gasteiger partial charge in [-0.2, -0.15) is 0 Å². The van der Waals surface area contributed by atoms with Crippen LogP contribution in [0.25, 0.3) is 10.6 Å². The van der Waals surface area contributed by atoms with Crippen LogP contribution in [0.5, 0.6) is 0 Å². The lowest BCUT2D eigenvalue weighted by Crippen LogP contribution is -2.12. The van der Waals surface area contributed by atoms with E-state index in [1.54, 1.807) is 17.5 Å². The van der Waals surface area contributed by atoms with Crippen molar-refractivity contribution in [1.82, 2.24) is 15.2 Å². The van der Waals surface area contributed by atoms with Gasteiger partial charge in [0.1, 0.15) is 15.7 Å². The summed E-state index contributed by atoms with van der Waals surface area (Å²) in [6.07, 6.45) is 2.02. The van der Waals surface area contributed by atoms with Gasteiger partial charge in [0.15, 0.2) is 0 Å². The number of carbonyl (C=O) groups is 1. The molecule has 0 bridgehead atoms. The smallest absolute Gasteiger partial charge is 0.276 e. The number of benzene rings is 1. The molecule has 0 saturated carbocycles. The third-order valence-electron chi connectivity index (χ3n) is 3.82. The highest BCUT2D eigenvalue weighted by Crippen LogP contribution is 2.29. The molecule has 0 spiro atoms. The van der Waals surface area contributed by atoms with Gasteiger partial charge in [-0.15, -0.1) is 21.5 Å². The van der Waals surface area contributed by atoms with E-state index in [2.05, 4.69) is 34.3 Å². The summed E-state index contributed by atoms with van der Waals surface area (Å²) >= 11 is 8.74. The van der Waals surface area contributed by atoms with Crippen molar-refractivity contribution in [3.63, 3.8) is 0 Å². The maximum absolute atomic E-state index is 12.4. The van der Waals surface area contributed by atoms with Crippen LogP contribution < -0.4 is 5.32 Å². The average molecular weight is 393 g/mol. The number of nitrogens with one attached hydrogen (secondary N) is 1. The van der Waals surface area contributed by atoms with E-state index in [0.717, 1.165) is 28.4 Å². The van der Waals surface area contributed by atoms with Gasteiger partial charge in [-0.05, 0) is 25.0 Å². The standard InChI is InChI=1S/C17H17ClN4OS2/c1-3-10(4-2)16-21-22-17(25-16)20-14(23)13-9-24-15(19-13)11-5-7-12(18)8-6-11/h5-10H,3-4H2,1-2H3,(H,20,22,23). The summed E-state index contributed by atoms with van der Waals surface area (Å²) < 4.78 is 0. The summed E-state index contributed by atoms with van der Waals surface area (Å²) in [6, 6.07) is 7.38. The van der Waals surface area contributed by atoms with Crippen molar-refractivity contribution in [3.05, 3.63) is 45.4 Å². The predicted molar refractivity (Wildman–Crippen MR) is 104 cm³/mol. The molecule has 1 N–H and O–H groups in total. The number of anilines is 1. The maximum Gasteiger partial charge on any atom is 0.276 e. The van der Waals surface area contributed by atoms with E-state index in [9.17, 15) is 4.79 Å². The van der Waals surface area contributed by atoms with Crippen molar-refractivity contribution in [2.24, 2.45) is 0 Å². The second-order valence-corrected chi connectivity index (χ2v) is 7.76. The van der Waals surface area contributed by atoms with Crippen molar-refractivity contribution >= 4 is 45.3 Å². The van der Waals surface area contributed by atoms with Crippen molar-refractivity contribution in [1.29, 1.82) is 0 Å². The van der Waals surface area contributed by atoms with Gasteiger partial charge in [0.2, 0.25) is 5.13 Å². The molecule has 0 saturated heterocycles. The SMILES string of the molecule is CCC(CC)c1nnc(NC(=O)c2csc(-c3ccc(Cl)cc3)n2)s1. The molecule has 0 unspecified atom stereocenters. The number of hydrogen-bond donors (Lipinski definition) is 1. The molecule has 0 aliphatic heterocycles. The normalized spacial score (nSPS) is 11.0. The first-order valence-corrected chi connectivity index (χ1v) is 10.0. The van der Waals surface area contributed by atoms with Crippen LogP contribution in [0.4, 0.5) is 5.13 Å². The summed E-state index contributed by atoms with van der Waals surface area (Å²) in [7, 11) is 0. The Hall–Kier alpha value is -1.83. The van der Waals surface area contributed by atoms with Crippen LogP contribution in [0.1, 0.15) is 48.1 Å². The van der Waals surface area contributed by atoms with E-state index in [-0.39, 0.29) is 5.91 Å². The zero-order valence-corrected chi connectivity index (χ0v) is 16.2. The number of carbonyl (C=O) groups excluding carboxylic acids is 1. The van der Waals surface area contributed by atoms with E-state index < -0.39 is 0 Å². The van der Waals surface area contributed by atoms with Gasteiger partial charge in [0, 0.05) is 21.9 Å². The molecule has 3 rings (SSSR count). The number of nitrogens with zero attached hydrogens (tertiary/aromatic N) is 3. The van der Waals surface area contributed by atoms with Crippen LogP contribution in [0.3, 0.4) is 0 Å². The lowest BCUT2D eigenvalue weighted by atomic mass is 10.1. The lowest BCUT2D eigenvalue weighted by Gasteiger charge is -2.05. The van der Waals surface area contributed by atoms with Crippen molar-refractivity contribution < 1.29 is 4.79 Å². The molecule has 0 fully saturated rings. The zero-order valence-electron chi connectivity index (χ0n) is 13.8. The first kappa shape index (κ1) is 18.0. The predicted octanol–water partition coefficient (Wildman–Crippen LogP) is 5.47. The first-order chi connectivity index (χ1) is 12.1. The van der Waals surface area contributed by atoms with Crippen LogP contribution >= 0.6 is 34.3 Å². The number of rotatable bonds is 6. The summed E-state index contributed by atoms with van der Waals surface area (Å²) in [5.41, 5.74) is 1.30. The van der Waals surface area contributed by atoms with E-state index >= 15 is 0 Å². The van der Waals surface area contributed by atoms with Gasteiger partial charge in [-0.25, -0.2) is 4.98 Å². The Morgan fingerprint density at radius 2 is 1.92 bits per heavy atom. The van der Waals surface area contributed by atoms with E-state index in [4.69, 9.17) is 11.6 Å². The van der Waals surface area contributed by atoms with Gasteiger partial charge in [0.25, 0.3) is 5.91 Å². The van der Waals surface area contributed by atoms with Gasteiger partial charge in [-0.1, -0.05) is 48.9 Å². The number of hydrogen-bond acceptors (Lipinski definition) is 6. The zero-order chi connectivity index (χ0) is 17.8. The highest BCUT2D eigenvalue weighted by Gasteiger charge is 2.17. The number of thiazole rings is 1. The quantitative estimate of drug-likeness (QED) is 0.603. The molecule has 3 aromatic rings. The molecule has 25 heavy (non-hydrogen) atoms. The molecular weight excluding hydrogens is 376 g/mol. The molecule has 2 heterocycles. The summed E-state index contributed by atoms with van der Waals surface area (Å²) in [6.45, 7) is 4.25. The molecule has 2 aromatic heterocycles. The minimum absolute atomic E-state index is 0.274. The molecule has 0 aliphatic carbocycles. The molecule has 0 radical (unpaired) electrons. The van der Waals surface area contributed by atoms with Crippen LogP contribution in [0.15, 0.2) is 29.6 Å². The highest BCUT2D eigenvalue weighted by atomic mass is 35.5. The van der Waals surface area contributed by atoms with Crippen LogP contribution in [-0.4, -0.2) is 21.1 Å². The molecule has 1 aromatic carbocycles. The summed E-state index contributed by atoms with van der Waals surface area (Å²) in [5, 5.41) is 15.7. The fraction of sp³-hybridized carbons (Fsp3) is 0.294. The topological polar surface area (TPSA) is 67.8 Å². The van der Waals surface area contributed by atoms with Gasteiger partial charge < -0.3 is 0 Å². The molecule has 5 nitrogen and oxygen atoms in total. The van der Waals surface area contributed by atoms with Gasteiger partial charge in [-0.3, -0.25) is 10.1 Å². The molecule has 130 valence electrons.